The van der Waals surface area contributed by atoms with Crippen LogP contribution in [0, 0.1) is 5.41 Å². The molecule has 0 unspecified atom stereocenters. The Balaban J connectivity index is 1.83. The fraction of sp³-hybridized carbons (Fsp3) is 0.647. The van der Waals surface area contributed by atoms with E-state index in [0.29, 0.717) is 5.41 Å². The van der Waals surface area contributed by atoms with Gasteiger partial charge >= 0.3 is 5.97 Å². The highest BCUT2D eigenvalue weighted by atomic mass is 79.9. The molecule has 6 heteroatoms. The minimum atomic E-state index is -0.441. The van der Waals surface area contributed by atoms with E-state index in [1.54, 1.807) is 12.4 Å². The highest BCUT2D eigenvalue weighted by molar-refractivity contribution is 9.10. The van der Waals surface area contributed by atoms with Crippen molar-refractivity contribution in [3.63, 3.8) is 0 Å². The highest BCUT2D eigenvalue weighted by Crippen LogP contribution is 2.51. The third-order valence-electron chi connectivity index (χ3n) is 5.41. The molecule has 23 heavy (non-hydrogen) atoms. The van der Waals surface area contributed by atoms with Crippen molar-refractivity contribution < 1.29 is 14.3 Å². The maximum Gasteiger partial charge on any atom is 0.331 e. The quantitative estimate of drug-likeness (QED) is 0.811. The Kier molecular flexibility index (Phi) is 5.04. The summed E-state index contributed by atoms with van der Waals surface area (Å²) in [4.78, 5) is 15.7. The second-order valence-corrected chi connectivity index (χ2v) is 7.50. The van der Waals surface area contributed by atoms with E-state index in [0.717, 1.165) is 48.8 Å². The molecule has 126 valence electrons. The summed E-state index contributed by atoms with van der Waals surface area (Å²) in [6.07, 6.45) is 8.84. The van der Waals surface area contributed by atoms with Crippen molar-refractivity contribution in [3.8, 4) is 0 Å². The lowest BCUT2D eigenvalue weighted by molar-refractivity contribution is -0.159. The molecule has 1 saturated carbocycles. The molecular weight excluding hydrogens is 360 g/mol. The van der Waals surface area contributed by atoms with E-state index in [9.17, 15) is 4.79 Å². The van der Waals surface area contributed by atoms with Crippen LogP contribution in [-0.2, 0) is 19.9 Å². The Hall–Kier alpha value is -0.980. The molecular formula is C17H23BrN2O3. The van der Waals surface area contributed by atoms with Gasteiger partial charge in [0.2, 0.25) is 0 Å². The zero-order valence-corrected chi connectivity index (χ0v) is 15.0. The largest absolute Gasteiger partial charge is 0.467 e. The van der Waals surface area contributed by atoms with Crippen LogP contribution in [0.4, 0.5) is 0 Å². The monoisotopic (exact) mass is 382 g/mol. The van der Waals surface area contributed by atoms with Crippen molar-refractivity contribution in [2.24, 2.45) is 5.41 Å². The maximum atomic E-state index is 11.6. The predicted octanol–water partition coefficient (Wildman–Crippen LogP) is 2.78. The second-order valence-electron chi connectivity index (χ2n) is 6.64. The molecule has 1 aromatic heterocycles. The predicted molar refractivity (Wildman–Crippen MR) is 90.0 cm³/mol. The number of rotatable bonds is 4. The molecule has 2 aliphatic rings. The average molecular weight is 383 g/mol. The zero-order chi connectivity index (χ0) is 16.3. The number of hydrogen-bond donors (Lipinski definition) is 1. The number of carbonyl (C=O) groups is 1. The topological polar surface area (TPSA) is 60.5 Å². The summed E-state index contributed by atoms with van der Waals surface area (Å²) in [5, 5.41) is 3.49. The first-order valence-corrected chi connectivity index (χ1v) is 8.90. The van der Waals surface area contributed by atoms with Crippen LogP contribution in [0.3, 0.4) is 0 Å². The van der Waals surface area contributed by atoms with Crippen LogP contribution in [0.15, 0.2) is 22.9 Å². The van der Waals surface area contributed by atoms with Gasteiger partial charge in [-0.25, -0.2) is 4.79 Å². The SMILES string of the molecule is COC(=O)COC1(c2ccncc2Br)CCC2(CCNC2)CC1. The van der Waals surface area contributed by atoms with Gasteiger partial charge in [0.1, 0.15) is 6.61 Å². The van der Waals surface area contributed by atoms with Crippen molar-refractivity contribution in [2.75, 3.05) is 26.8 Å². The normalized spacial score (nSPS) is 30.5. The van der Waals surface area contributed by atoms with E-state index >= 15 is 0 Å². The first kappa shape index (κ1) is 16.9. The first-order chi connectivity index (χ1) is 11.1. The van der Waals surface area contributed by atoms with E-state index in [1.165, 1.54) is 13.5 Å². The standard InChI is InChI=1S/C17H23BrN2O3/c1-22-15(21)11-23-17(13-2-8-19-10-14(13)18)5-3-16(4-6-17)7-9-20-12-16/h2,8,10,20H,3-7,9,11-12H2,1H3. The van der Waals surface area contributed by atoms with E-state index in [-0.39, 0.29) is 12.6 Å². The van der Waals surface area contributed by atoms with Crippen molar-refractivity contribution >= 4 is 21.9 Å². The number of pyridine rings is 1. The molecule has 0 atom stereocenters. The average Bonchev–Trinajstić information content (AvgIpc) is 3.04. The maximum absolute atomic E-state index is 11.6. The molecule has 2 heterocycles. The molecule has 1 N–H and O–H groups in total. The molecule has 0 aromatic carbocycles. The summed E-state index contributed by atoms with van der Waals surface area (Å²) in [5.74, 6) is -0.336. The molecule has 0 radical (unpaired) electrons. The Morgan fingerprint density at radius 1 is 1.35 bits per heavy atom. The number of halogens is 1. The van der Waals surface area contributed by atoms with Crippen LogP contribution in [-0.4, -0.2) is 37.8 Å². The Bertz CT molecular complexity index is 563. The van der Waals surface area contributed by atoms with E-state index in [4.69, 9.17) is 9.47 Å². The number of nitrogens with zero attached hydrogens (tertiary/aromatic N) is 1. The molecule has 1 aromatic rings. The number of ether oxygens (including phenoxy) is 2. The van der Waals surface area contributed by atoms with Gasteiger partial charge in [0, 0.05) is 29.0 Å². The molecule has 0 bridgehead atoms. The minimum Gasteiger partial charge on any atom is -0.467 e. The summed E-state index contributed by atoms with van der Waals surface area (Å²) in [5.41, 5.74) is 1.04. The van der Waals surface area contributed by atoms with Gasteiger partial charge in [0.25, 0.3) is 0 Å². The zero-order valence-electron chi connectivity index (χ0n) is 13.4. The van der Waals surface area contributed by atoms with Crippen LogP contribution < -0.4 is 5.32 Å². The van der Waals surface area contributed by atoms with Gasteiger partial charge in [-0.1, -0.05) is 0 Å². The summed E-state index contributed by atoms with van der Waals surface area (Å²) in [6, 6.07) is 1.99. The Labute approximate surface area is 145 Å². The van der Waals surface area contributed by atoms with Gasteiger partial charge in [-0.3, -0.25) is 4.98 Å². The van der Waals surface area contributed by atoms with Gasteiger partial charge in [-0.05, 0) is 66.1 Å². The van der Waals surface area contributed by atoms with E-state index < -0.39 is 5.60 Å². The van der Waals surface area contributed by atoms with Gasteiger partial charge < -0.3 is 14.8 Å². The summed E-state index contributed by atoms with van der Waals surface area (Å²) in [7, 11) is 1.39. The molecule has 1 aliphatic carbocycles. The smallest absolute Gasteiger partial charge is 0.331 e. The number of aromatic nitrogens is 1. The third-order valence-corrected chi connectivity index (χ3v) is 6.04. The van der Waals surface area contributed by atoms with Crippen LogP contribution in [0.1, 0.15) is 37.7 Å². The fourth-order valence-electron chi connectivity index (χ4n) is 3.90. The van der Waals surface area contributed by atoms with E-state index in [2.05, 4.69) is 26.2 Å². The highest BCUT2D eigenvalue weighted by Gasteiger charge is 2.46. The number of nitrogens with one attached hydrogen (secondary N) is 1. The molecule has 1 spiro atoms. The van der Waals surface area contributed by atoms with E-state index in [1.807, 2.05) is 6.07 Å². The minimum absolute atomic E-state index is 0.0173. The Morgan fingerprint density at radius 2 is 2.13 bits per heavy atom. The van der Waals surface area contributed by atoms with Gasteiger partial charge in [-0.15, -0.1) is 0 Å². The summed E-state index contributed by atoms with van der Waals surface area (Å²) >= 11 is 3.60. The molecule has 1 saturated heterocycles. The lowest BCUT2D eigenvalue weighted by Gasteiger charge is -2.45. The molecule has 3 rings (SSSR count). The Morgan fingerprint density at radius 3 is 2.74 bits per heavy atom. The lowest BCUT2D eigenvalue weighted by Crippen LogP contribution is -2.41. The number of hydrogen-bond acceptors (Lipinski definition) is 5. The summed E-state index contributed by atoms with van der Waals surface area (Å²) in [6.45, 7) is 2.18. The van der Waals surface area contributed by atoms with Crippen molar-refractivity contribution in [1.29, 1.82) is 0 Å². The van der Waals surface area contributed by atoms with Crippen LogP contribution >= 0.6 is 15.9 Å². The van der Waals surface area contributed by atoms with Gasteiger partial charge in [0.05, 0.1) is 12.7 Å². The van der Waals surface area contributed by atoms with Crippen LogP contribution in [0.2, 0.25) is 0 Å². The molecule has 1 aliphatic heterocycles. The fourth-order valence-corrected chi connectivity index (χ4v) is 4.51. The van der Waals surface area contributed by atoms with Gasteiger partial charge in [-0.2, -0.15) is 0 Å². The summed E-state index contributed by atoms with van der Waals surface area (Å²) < 4.78 is 11.8. The molecule has 0 amide bonds. The van der Waals surface area contributed by atoms with Crippen LogP contribution in [0.5, 0.6) is 0 Å². The van der Waals surface area contributed by atoms with Gasteiger partial charge in [0.15, 0.2) is 0 Å². The van der Waals surface area contributed by atoms with Crippen LogP contribution in [0.25, 0.3) is 0 Å². The van der Waals surface area contributed by atoms with Crippen molar-refractivity contribution in [2.45, 2.75) is 37.7 Å². The third kappa shape index (κ3) is 3.44. The van der Waals surface area contributed by atoms with Crippen molar-refractivity contribution in [1.82, 2.24) is 10.3 Å². The number of methoxy groups -OCH3 is 1. The molecule has 5 nitrogen and oxygen atoms in total. The lowest BCUT2D eigenvalue weighted by atomic mass is 9.66. The first-order valence-electron chi connectivity index (χ1n) is 8.11. The second kappa shape index (κ2) is 6.87. The number of carbonyl (C=O) groups excluding carboxylic acids is 1. The number of esters is 1. The van der Waals surface area contributed by atoms with Crippen molar-refractivity contribution in [3.05, 3.63) is 28.5 Å². The molecule has 2 fully saturated rings.